The molecule has 29 heavy (non-hydrogen) atoms. The van der Waals surface area contributed by atoms with Crippen LogP contribution in [0.4, 0.5) is 15.2 Å². The molecular formula is C20H21FN4O3S. The third-order valence-electron chi connectivity index (χ3n) is 5.45. The van der Waals surface area contributed by atoms with Crippen LogP contribution < -0.4 is 10.2 Å². The van der Waals surface area contributed by atoms with Gasteiger partial charge in [0, 0.05) is 49.2 Å². The van der Waals surface area contributed by atoms with Gasteiger partial charge in [-0.3, -0.25) is 14.4 Å². The monoisotopic (exact) mass is 416 g/mol. The first-order valence-corrected chi connectivity index (χ1v) is 10.4. The van der Waals surface area contributed by atoms with Crippen molar-refractivity contribution in [2.75, 3.05) is 29.9 Å². The van der Waals surface area contributed by atoms with E-state index in [1.165, 1.54) is 28.4 Å². The molecule has 0 aliphatic carbocycles. The molecular weight excluding hydrogens is 395 g/mol. The molecule has 0 bridgehead atoms. The lowest BCUT2D eigenvalue weighted by Crippen LogP contribution is -2.44. The average molecular weight is 416 g/mol. The van der Waals surface area contributed by atoms with Crippen molar-refractivity contribution in [3.63, 3.8) is 0 Å². The maximum Gasteiger partial charge on any atom is 0.229 e. The number of aromatic nitrogens is 1. The van der Waals surface area contributed by atoms with Crippen LogP contribution in [0.1, 0.15) is 19.3 Å². The summed E-state index contributed by atoms with van der Waals surface area (Å²) >= 11 is 1.37. The summed E-state index contributed by atoms with van der Waals surface area (Å²) in [6, 6.07) is 5.71. The number of likely N-dealkylation sites (tertiary alicyclic amines) is 1. The van der Waals surface area contributed by atoms with Crippen LogP contribution in [-0.2, 0) is 14.4 Å². The van der Waals surface area contributed by atoms with Crippen molar-refractivity contribution in [1.29, 1.82) is 0 Å². The summed E-state index contributed by atoms with van der Waals surface area (Å²) in [5.74, 6) is -1.17. The molecule has 7 nitrogen and oxygen atoms in total. The molecule has 3 heterocycles. The first-order valence-electron chi connectivity index (χ1n) is 9.56. The minimum Gasteiger partial charge on any atom is -0.342 e. The second-order valence-corrected chi connectivity index (χ2v) is 8.20. The van der Waals surface area contributed by atoms with Crippen LogP contribution in [0.25, 0.3) is 0 Å². The van der Waals surface area contributed by atoms with E-state index in [0.29, 0.717) is 43.3 Å². The number of benzene rings is 1. The SMILES string of the molecule is O=C(Nc1nccs1)C1CCN(C(=O)[C@H]2CC(=O)N(c3ccc(F)cc3)C2)CC1. The fourth-order valence-electron chi connectivity index (χ4n) is 3.86. The highest BCUT2D eigenvalue weighted by atomic mass is 32.1. The number of hydrogen-bond acceptors (Lipinski definition) is 5. The molecule has 4 rings (SSSR count). The molecule has 2 saturated heterocycles. The molecule has 3 amide bonds. The summed E-state index contributed by atoms with van der Waals surface area (Å²) in [5.41, 5.74) is 0.601. The largest absolute Gasteiger partial charge is 0.342 e. The number of nitrogens with zero attached hydrogens (tertiary/aromatic N) is 3. The minimum absolute atomic E-state index is 0.0539. The molecule has 0 spiro atoms. The van der Waals surface area contributed by atoms with Crippen molar-refractivity contribution in [3.8, 4) is 0 Å². The van der Waals surface area contributed by atoms with Gasteiger partial charge in [0.15, 0.2) is 5.13 Å². The molecule has 2 aliphatic heterocycles. The van der Waals surface area contributed by atoms with Crippen LogP contribution in [0.5, 0.6) is 0 Å². The lowest BCUT2D eigenvalue weighted by atomic mass is 9.94. The topological polar surface area (TPSA) is 82.6 Å². The Kier molecular flexibility index (Phi) is 5.57. The number of nitrogens with one attached hydrogen (secondary N) is 1. The third kappa shape index (κ3) is 4.29. The molecule has 0 saturated carbocycles. The number of carbonyl (C=O) groups is 3. The molecule has 2 aliphatic rings. The first kappa shape index (κ1) is 19.5. The molecule has 1 atom stereocenters. The maximum atomic E-state index is 13.1. The standard InChI is InChI=1S/C20H21FN4O3S/c21-15-1-3-16(4-2-15)25-12-14(11-17(25)26)19(28)24-8-5-13(6-9-24)18(27)23-20-22-7-10-29-20/h1-4,7,10,13-14H,5-6,8-9,11-12H2,(H,22,23,27)/t14-/m0/s1. The van der Waals surface area contributed by atoms with E-state index in [1.807, 2.05) is 0 Å². The molecule has 0 unspecified atom stereocenters. The fourth-order valence-corrected chi connectivity index (χ4v) is 4.39. The number of anilines is 2. The van der Waals surface area contributed by atoms with E-state index in [4.69, 9.17) is 0 Å². The Balaban J connectivity index is 1.31. The van der Waals surface area contributed by atoms with Crippen molar-refractivity contribution < 1.29 is 18.8 Å². The Labute approximate surface area is 171 Å². The Morgan fingerprint density at radius 3 is 2.52 bits per heavy atom. The Morgan fingerprint density at radius 1 is 1.14 bits per heavy atom. The Bertz CT molecular complexity index is 895. The summed E-state index contributed by atoms with van der Waals surface area (Å²) in [6.45, 7) is 1.29. The molecule has 0 radical (unpaired) electrons. The average Bonchev–Trinajstić information content (AvgIpc) is 3.38. The van der Waals surface area contributed by atoms with E-state index in [0.717, 1.165) is 0 Å². The quantitative estimate of drug-likeness (QED) is 0.830. The van der Waals surface area contributed by atoms with Crippen molar-refractivity contribution >= 4 is 39.9 Å². The molecule has 1 N–H and O–H groups in total. The smallest absolute Gasteiger partial charge is 0.229 e. The molecule has 2 aromatic rings. The van der Waals surface area contributed by atoms with E-state index in [2.05, 4.69) is 10.3 Å². The number of amides is 3. The zero-order valence-electron chi connectivity index (χ0n) is 15.7. The van der Waals surface area contributed by atoms with E-state index in [1.54, 1.807) is 28.6 Å². The van der Waals surface area contributed by atoms with Gasteiger partial charge in [0.1, 0.15) is 5.82 Å². The summed E-state index contributed by atoms with van der Waals surface area (Å²) in [4.78, 5) is 44.9. The van der Waals surface area contributed by atoms with Gasteiger partial charge in [-0.25, -0.2) is 9.37 Å². The molecule has 9 heteroatoms. The number of halogens is 1. The highest BCUT2D eigenvalue weighted by molar-refractivity contribution is 7.13. The summed E-state index contributed by atoms with van der Waals surface area (Å²) in [5, 5.41) is 5.19. The molecule has 2 fully saturated rings. The zero-order chi connectivity index (χ0) is 20.4. The molecule has 1 aromatic carbocycles. The summed E-state index contributed by atoms with van der Waals surface area (Å²) < 4.78 is 13.1. The van der Waals surface area contributed by atoms with Crippen molar-refractivity contribution in [2.45, 2.75) is 19.3 Å². The lowest BCUT2D eigenvalue weighted by Gasteiger charge is -2.32. The molecule has 152 valence electrons. The second kappa shape index (κ2) is 8.28. The lowest BCUT2D eigenvalue weighted by molar-refractivity contribution is -0.138. The van der Waals surface area contributed by atoms with E-state index < -0.39 is 5.92 Å². The molecule has 1 aromatic heterocycles. The highest BCUT2D eigenvalue weighted by Crippen LogP contribution is 2.28. The van der Waals surface area contributed by atoms with Crippen LogP contribution in [-0.4, -0.2) is 47.2 Å². The van der Waals surface area contributed by atoms with Gasteiger partial charge in [0.05, 0.1) is 5.92 Å². The van der Waals surface area contributed by atoms with E-state index in [9.17, 15) is 18.8 Å². The van der Waals surface area contributed by atoms with E-state index in [-0.39, 0.29) is 35.9 Å². The Hall–Kier alpha value is -2.81. The van der Waals surface area contributed by atoms with Gasteiger partial charge in [-0.15, -0.1) is 11.3 Å². The first-order chi connectivity index (χ1) is 14.0. The summed E-state index contributed by atoms with van der Waals surface area (Å²) in [7, 11) is 0. The van der Waals surface area contributed by atoms with Crippen LogP contribution in [0.15, 0.2) is 35.8 Å². The van der Waals surface area contributed by atoms with Gasteiger partial charge < -0.3 is 15.1 Å². The van der Waals surface area contributed by atoms with Gasteiger partial charge in [-0.2, -0.15) is 0 Å². The van der Waals surface area contributed by atoms with Crippen LogP contribution in [0, 0.1) is 17.7 Å². The van der Waals surface area contributed by atoms with Crippen LogP contribution >= 0.6 is 11.3 Å². The zero-order valence-corrected chi connectivity index (χ0v) is 16.5. The number of piperidine rings is 1. The minimum atomic E-state index is -0.409. The van der Waals surface area contributed by atoms with E-state index >= 15 is 0 Å². The fraction of sp³-hybridized carbons (Fsp3) is 0.400. The van der Waals surface area contributed by atoms with Gasteiger partial charge in [0.25, 0.3) is 0 Å². The van der Waals surface area contributed by atoms with Gasteiger partial charge in [-0.05, 0) is 37.1 Å². The number of rotatable bonds is 4. The van der Waals surface area contributed by atoms with Crippen LogP contribution in [0.2, 0.25) is 0 Å². The van der Waals surface area contributed by atoms with Gasteiger partial charge >= 0.3 is 0 Å². The normalized spacial score (nSPS) is 20.2. The Morgan fingerprint density at radius 2 is 1.86 bits per heavy atom. The van der Waals surface area contributed by atoms with Crippen molar-refractivity contribution in [2.24, 2.45) is 11.8 Å². The number of carbonyl (C=O) groups excluding carboxylic acids is 3. The predicted octanol–water partition coefficient (Wildman–Crippen LogP) is 2.51. The van der Waals surface area contributed by atoms with Gasteiger partial charge in [0.2, 0.25) is 17.7 Å². The maximum absolute atomic E-state index is 13.1. The predicted molar refractivity (Wildman–Crippen MR) is 107 cm³/mol. The third-order valence-corrected chi connectivity index (χ3v) is 6.14. The van der Waals surface area contributed by atoms with Crippen molar-refractivity contribution in [3.05, 3.63) is 41.7 Å². The second-order valence-electron chi connectivity index (χ2n) is 7.31. The number of hydrogen-bond donors (Lipinski definition) is 1. The highest BCUT2D eigenvalue weighted by Gasteiger charge is 2.38. The summed E-state index contributed by atoms with van der Waals surface area (Å²) in [6.07, 6.45) is 2.97. The number of thiazole rings is 1. The van der Waals surface area contributed by atoms with Crippen LogP contribution in [0.3, 0.4) is 0 Å². The van der Waals surface area contributed by atoms with Crippen molar-refractivity contribution in [1.82, 2.24) is 9.88 Å². The van der Waals surface area contributed by atoms with Gasteiger partial charge in [-0.1, -0.05) is 0 Å².